The maximum atomic E-state index is 12.8. The lowest BCUT2D eigenvalue weighted by atomic mass is 10.2. The van der Waals surface area contributed by atoms with Crippen LogP contribution in [0.3, 0.4) is 0 Å². The van der Waals surface area contributed by atoms with Crippen molar-refractivity contribution >= 4 is 54.7 Å². The monoisotopic (exact) mass is 415 g/mol. The number of aromatic nitrogens is 2. The van der Waals surface area contributed by atoms with Crippen molar-refractivity contribution in [1.29, 1.82) is 0 Å². The maximum Gasteiger partial charge on any atom is 0.263 e. The summed E-state index contributed by atoms with van der Waals surface area (Å²) in [6.45, 7) is 0. The third kappa shape index (κ3) is 3.98. The van der Waals surface area contributed by atoms with E-state index in [-0.39, 0.29) is 11.3 Å². The Bertz CT molecular complexity index is 1040. The Kier molecular flexibility index (Phi) is 5.64. The van der Waals surface area contributed by atoms with Crippen LogP contribution < -0.4 is 10.3 Å². The van der Waals surface area contributed by atoms with Crippen LogP contribution in [-0.4, -0.2) is 36.5 Å². The van der Waals surface area contributed by atoms with Crippen LogP contribution in [0.4, 0.5) is 0 Å². The molecule has 0 aliphatic rings. The zero-order chi connectivity index (χ0) is 18.0. The van der Waals surface area contributed by atoms with Crippen molar-refractivity contribution in [1.82, 2.24) is 14.3 Å². The van der Waals surface area contributed by atoms with E-state index in [9.17, 15) is 13.2 Å². The van der Waals surface area contributed by atoms with E-state index in [1.165, 1.54) is 30.1 Å². The number of rotatable bonds is 7. The van der Waals surface area contributed by atoms with Crippen LogP contribution in [-0.2, 0) is 17.1 Å². The van der Waals surface area contributed by atoms with Crippen molar-refractivity contribution in [2.24, 2.45) is 7.05 Å². The van der Waals surface area contributed by atoms with E-state index in [1.807, 2.05) is 22.9 Å². The Balaban J connectivity index is 1.84. The molecule has 0 aliphatic carbocycles. The van der Waals surface area contributed by atoms with Gasteiger partial charge in [0, 0.05) is 28.6 Å². The van der Waals surface area contributed by atoms with Gasteiger partial charge in [-0.25, -0.2) is 18.1 Å². The second-order valence-electron chi connectivity index (χ2n) is 5.29. The fourth-order valence-corrected chi connectivity index (χ4v) is 5.93. The van der Waals surface area contributed by atoms with Crippen molar-refractivity contribution in [2.75, 3.05) is 18.6 Å². The minimum Gasteiger partial charge on any atom is -0.290 e. The normalized spacial score (nSPS) is 12.1. The quantitative estimate of drug-likeness (QED) is 0.365. The molecule has 0 saturated heterocycles. The van der Waals surface area contributed by atoms with E-state index < -0.39 is 10.0 Å². The Hall–Kier alpha value is -1.20. The largest absolute Gasteiger partial charge is 0.290 e. The van der Waals surface area contributed by atoms with Crippen LogP contribution in [0.1, 0.15) is 6.42 Å². The topological polar surface area (TPSA) is 81.1 Å². The molecule has 3 aromatic heterocycles. The minimum atomic E-state index is -3.20. The fourth-order valence-electron chi connectivity index (χ4n) is 2.31. The summed E-state index contributed by atoms with van der Waals surface area (Å²) in [4.78, 5) is 19.2. The zero-order valence-electron chi connectivity index (χ0n) is 13.7. The minimum absolute atomic E-state index is 0.0637. The maximum absolute atomic E-state index is 12.8. The van der Waals surface area contributed by atoms with Gasteiger partial charge in [0.15, 0.2) is 5.16 Å². The summed E-state index contributed by atoms with van der Waals surface area (Å²) in [7, 11) is -0.0857. The molecular formula is C15H17N3O3S4. The number of thiophene rings is 2. The first-order chi connectivity index (χ1) is 11.9. The summed E-state index contributed by atoms with van der Waals surface area (Å²) < 4.78 is 26.7. The van der Waals surface area contributed by atoms with Crippen molar-refractivity contribution < 1.29 is 8.42 Å². The van der Waals surface area contributed by atoms with Crippen molar-refractivity contribution in [3.63, 3.8) is 0 Å². The molecule has 3 heterocycles. The molecule has 0 aromatic carbocycles. The van der Waals surface area contributed by atoms with Gasteiger partial charge < -0.3 is 0 Å². The summed E-state index contributed by atoms with van der Waals surface area (Å²) in [5, 5.41) is 5.22. The Labute approximate surface area is 158 Å². The third-order valence-electron chi connectivity index (χ3n) is 3.66. The molecule has 0 radical (unpaired) electrons. The van der Waals surface area contributed by atoms with E-state index in [0.29, 0.717) is 22.7 Å². The highest BCUT2D eigenvalue weighted by Gasteiger charge is 2.16. The number of thioether (sulfide) groups is 1. The van der Waals surface area contributed by atoms with Crippen LogP contribution in [0.5, 0.6) is 0 Å². The van der Waals surface area contributed by atoms with Crippen molar-refractivity contribution in [2.45, 2.75) is 11.6 Å². The highest BCUT2D eigenvalue weighted by atomic mass is 32.2. The molecule has 0 bridgehead atoms. The van der Waals surface area contributed by atoms with Gasteiger partial charge in [-0.05, 0) is 24.9 Å². The molecule has 0 aliphatic heterocycles. The van der Waals surface area contributed by atoms with Gasteiger partial charge in [0.25, 0.3) is 5.56 Å². The molecule has 3 rings (SSSR count). The van der Waals surface area contributed by atoms with Gasteiger partial charge in [-0.15, -0.1) is 22.7 Å². The SMILES string of the molecule is CNS(=O)(=O)CCCSc1nc2scc(-c3cccs3)c2c(=O)n1C. The number of nitrogens with zero attached hydrogens (tertiary/aromatic N) is 2. The number of hydrogen-bond donors (Lipinski definition) is 1. The van der Waals surface area contributed by atoms with E-state index in [2.05, 4.69) is 9.71 Å². The van der Waals surface area contributed by atoms with Crippen molar-refractivity contribution in [3.05, 3.63) is 33.2 Å². The van der Waals surface area contributed by atoms with Gasteiger partial charge in [-0.3, -0.25) is 9.36 Å². The molecule has 25 heavy (non-hydrogen) atoms. The van der Waals surface area contributed by atoms with Gasteiger partial charge >= 0.3 is 0 Å². The molecule has 0 atom stereocenters. The number of hydrogen-bond acceptors (Lipinski definition) is 7. The molecule has 0 unspecified atom stereocenters. The Morgan fingerprint density at radius 1 is 1.36 bits per heavy atom. The lowest BCUT2D eigenvalue weighted by molar-refractivity contribution is 0.587. The molecule has 6 nitrogen and oxygen atoms in total. The first-order valence-corrected chi connectivity index (χ1v) is 11.9. The lowest BCUT2D eigenvalue weighted by Gasteiger charge is -2.07. The zero-order valence-corrected chi connectivity index (χ0v) is 16.9. The van der Waals surface area contributed by atoms with Crippen LogP contribution in [0.15, 0.2) is 32.8 Å². The van der Waals surface area contributed by atoms with Crippen LogP contribution in [0.25, 0.3) is 20.7 Å². The molecule has 10 heteroatoms. The standard InChI is InChI=1S/C15H17N3O3S4/c1-16-25(20,21)8-4-7-23-15-17-13-12(14(19)18(15)2)10(9-24-13)11-5-3-6-22-11/h3,5-6,9,16H,4,7-8H2,1-2H3. The molecular weight excluding hydrogens is 398 g/mol. The molecule has 134 valence electrons. The number of nitrogens with one attached hydrogen (secondary N) is 1. The fraction of sp³-hybridized carbons (Fsp3) is 0.333. The summed E-state index contributed by atoms with van der Waals surface area (Å²) in [6, 6.07) is 3.96. The predicted octanol–water partition coefficient (Wildman–Crippen LogP) is 2.75. The van der Waals surface area contributed by atoms with Gasteiger partial charge in [-0.2, -0.15) is 0 Å². The van der Waals surface area contributed by atoms with E-state index in [4.69, 9.17) is 0 Å². The van der Waals surface area contributed by atoms with Gasteiger partial charge in [-0.1, -0.05) is 17.8 Å². The number of sulfonamides is 1. The lowest BCUT2D eigenvalue weighted by Crippen LogP contribution is -2.22. The second kappa shape index (κ2) is 7.58. The van der Waals surface area contributed by atoms with Crippen LogP contribution >= 0.6 is 34.4 Å². The highest BCUT2D eigenvalue weighted by molar-refractivity contribution is 7.99. The third-order valence-corrected chi connectivity index (χ3v) is 8.00. The first kappa shape index (κ1) is 18.6. The first-order valence-electron chi connectivity index (χ1n) is 7.49. The molecule has 0 fully saturated rings. The molecule has 0 spiro atoms. The predicted molar refractivity (Wildman–Crippen MR) is 106 cm³/mol. The van der Waals surface area contributed by atoms with Gasteiger partial charge in [0.1, 0.15) is 4.83 Å². The molecule has 0 amide bonds. The smallest absolute Gasteiger partial charge is 0.263 e. The van der Waals surface area contributed by atoms with Gasteiger partial charge in [0.05, 0.1) is 11.1 Å². The van der Waals surface area contributed by atoms with Gasteiger partial charge in [0.2, 0.25) is 10.0 Å². The van der Waals surface area contributed by atoms with E-state index >= 15 is 0 Å². The average Bonchev–Trinajstić information content (AvgIpc) is 3.24. The van der Waals surface area contributed by atoms with E-state index in [1.54, 1.807) is 23.0 Å². The van der Waals surface area contributed by atoms with Crippen LogP contribution in [0, 0.1) is 0 Å². The van der Waals surface area contributed by atoms with Crippen LogP contribution in [0.2, 0.25) is 0 Å². The van der Waals surface area contributed by atoms with Crippen molar-refractivity contribution in [3.8, 4) is 10.4 Å². The Morgan fingerprint density at radius 3 is 2.84 bits per heavy atom. The summed E-state index contributed by atoms with van der Waals surface area (Å²) in [5.41, 5.74) is 0.861. The second-order valence-corrected chi connectivity index (χ2v) is 10.2. The van der Waals surface area contributed by atoms with E-state index in [0.717, 1.165) is 15.3 Å². The molecule has 1 N–H and O–H groups in total. The molecule has 3 aromatic rings. The summed E-state index contributed by atoms with van der Waals surface area (Å²) in [6.07, 6.45) is 0.493. The summed E-state index contributed by atoms with van der Waals surface area (Å²) >= 11 is 4.46. The average molecular weight is 416 g/mol. The molecule has 0 saturated carbocycles. The summed E-state index contributed by atoms with van der Waals surface area (Å²) in [5.74, 6) is 0.643. The number of fused-ring (bicyclic) bond motifs is 1. The Morgan fingerprint density at radius 2 is 2.16 bits per heavy atom. The highest BCUT2D eigenvalue weighted by Crippen LogP contribution is 2.34.